The first kappa shape index (κ1) is 9.57. The lowest BCUT2D eigenvalue weighted by atomic mass is 10.2. The van der Waals surface area contributed by atoms with Crippen molar-refractivity contribution >= 4 is 0 Å². The van der Waals surface area contributed by atoms with Crippen LogP contribution in [-0.2, 0) is 9.47 Å². The summed E-state index contributed by atoms with van der Waals surface area (Å²) in [5.74, 6) is 2.58. The minimum absolute atomic E-state index is 0.0384. The van der Waals surface area contributed by atoms with E-state index in [2.05, 4.69) is 5.92 Å². The maximum Gasteiger partial charge on any atom is 0.157 e. The molecule has 0 aliphatic carbocycles. The molecule has 0 bridgehead atoms. The monoisotopic (exact) mass is 168 g/mol. The summed E-state index contributed by atoms with van der Waals surface area (Å²) in [5, 5.41) is 0. The van der Waals surface area contributed by atoms with Crippen molar-refractivity contribution in [2.45, 2.75) is 38.4 Å². The van der Waals surface area contributed by atoms with E-state index in [0.29, 0.717) is 0 Å². The van der Waals surface area contributed by atoms with Gasteiger partial charge in [-0.05, 0) is 25.7 Å². The summed E-state index contributed by atoms with van der Waals surface area (Å²) in [6, 6.07) is 0. The fourth-order valence-electron chi connectivity index (χ4n) is 1.23. The van der Waals surface area contributed by atoms with Crippen LogP contribution in [0.3, 0.4) is 0 Å². The third-order valence-electron chi connectivity index (χ3n) is 1.91. The van der Waals surface area contributed by atoms with Crippen molar-refractivity contribution in [3.8, 4) is 12.3 Å². The highest BCUT2D eigenvalue weighted by molar-refractivity contribution is 4.82. The first-order valence-corrected chi connectivity index (χ1v) is 4.60. The molecular formula is C10H16O2. The Kier molecular flexibility index (Phi) is 4.82. The third kappa shape index (κ3) is 3.75. The van der Waals surface area contributed by atoms with E-state index in [0.717, 1.165) is 32.5 Å². The molecule has 1 saturated heterocycles. The Bertz CT molecular complexity index is 142. The maximum absolute atomic E-state index is 5.47. The van der Waals surface area contributed by atoms with E-state index in [1.165, 1.54) is 12.8 Å². The van der Waals surface area contributed by atoms with Gasteiger partial charge in [-0.25, -0.2) is 0 Å². The first-order valence-electron chi connectivity index (χ1n) is 4.60. The molecule has 0 aromatic carbocycles. The van der Waals surface area contributed by atoms with Crippen molar-refractivity contribution in [2.24, 2.45) is 0 Å². The summed E-state index contributed by atoms with van der Waals surface area (Å²) in [6.07, 6.45) is 10.3. The van der Waals surface area contributed by atoms with Gasteiger partial charge in [0.05, 0.1) is 6.61 Å². The molecule has 0 spiro atoms. The molecule has 2 nitrogen and oxygen atoms in total. The number of hydrogen-bond donors (Lipinski definition) is 0. The van der Waals surface area contributed by atoms with Crippen molar-refractivity contribution in [3.63, 3.8) is 0 Å². The summed E-state index contributed by atoms with van der Waals surface area (Å²) in [7, 11) is 0. The van der Waals surface area contributed by atoms with E-state index in [9.17, 15) is 0 Å². The minimum atomic E-state index is 0.0384. The summed E-state index contributed by atoms with van der Waals surface area (Å²) in [4.78, 5) is 0. The normalized spacial score (nSPS) is 23.4. The number of terminal acetylenes is 1. The van der Waals surface area contributed by atoms with Gasteiger partial charge in [-0.2, -0.15) is 0 Å². The average molecular weight is 168 g/mol. The zero-order chi connectivity index (χ0) is 8.65. The Labute approximate surface area is 74.2 Å². The average Bonchev–Trinajstić information content (AvgIpc) is 2.14. The van der Waals surface area contributed by atoms with Crippen LogP contribution in [0.2, 0.25) is 0 Å². The predicted octanol–water partition coefficient (Wildman–Crippen LogP) is 1.94. The van der Waals surface area contributed by atoms with E-state index in [1.54, 1.807) is 0 Å². The van der Waals surface area contributed by atoms with Crippen LogP contribution in [0.5, 0.6) is 0 Å². The largest absolute Gasteiger partial charge is 0.353 e. The van der Waals surface area contributed by atoms with Gasteiger partial charge in [0.2, 0.25) is 0 Å². The molecule has 0 saturated carbocycles. The third-order valence-corrected chi connectivity index (χ3v) is 1.91. The van der Waals surface area contributed by atoms with Crippen LogP contribution in [0.1, 0.15) is 32.1 Å². The summed E-state index contributed by atoms with van der Waals surface area (Å²) in [5.41, 5.74) is 0. The Balaban J connectivity index is 1.95. The highest BCUT2D eigenvalue weighted by Crippen LogP contribution is 2.13. The fraction of sp³-hybridized carbons (Fsp3) is 0.800. The quantitative estimate of drug-likeness (QED) is 0.472. The van der Waals surface area contributed by atoms with Crippen molar-refractivity contribution in [1.82, 2.24) is 0 Å². The minimum Gasteiger partial charge on any atom is -0.353 e. The van der Waals surface area contributed by atoms with Crippen LogP contribution in [0.4, 0.5) is 0 Å². The summed E-state index contributed by atoms with van der Waals surface area (Å²) >= 11 is 0. The van der Waals surface area contributed by atoms with E-state index in [-0.39, 0.29) is 6.29 Å². The Morgan fingerprint density at radius 3 is 3.08 bits per heavy atom. The molecule has 1 aliphatic rings. The molecule has 1 fully saturated rings. The van der Waals surface area contributed by atoms with Crippen LogP contribution in [0.15, 0.2) is 0 Å². The molecule has 0 N–H and O–H groups in total. The zero-order valence-electron chi connectivity index (χ0n) is 7.42. The van der Waals surface area contributed by atoms with Crippen LogP contribution in [0.25, 0.3) is 0 Å². The first-order chi connectivity index (χ1) is 5.93. The molecule has 68 valence electrons. The second kappa shape index (κ2) is 6.05. The molecule has 0 amide bonds. The van der Waals surface area contributed by atoms with Gasteiger partial charge in [0.1, 0.15) is 0 Å². The molecule has 1 aliphatic heterocycles. The molecule has 0 aromatic heterocycles. The van der Waals surface area contributed by atoms with Crippen molar-refractivity contribution in [3.05, 3.63) is 0 Å². The second-order valence-electron chi connectivity index (χ2n) is 2.97. The number of hydrogen-bond acceptors (Lipinski definition) is 2. The number of unbranched alkanes of at least 4 members (excludes halogenated alkanes) is 1. The Morgan fingerprint density at radius 1 is 1.50 bits per heavy atom. The SMILES string of the molecule is C#CCCCO[C@H]1CCCCO1. The van der Waals surface area contributed by atoms with Crippen LogP contribution in [-0.4, -0.2) is 19.5 Å². The van der Waals surface area contributed by atoms with E-state index in [1.807, 2.05) is 0 Å². The number of rotatable bonds is 4. The smallest absolute Gasteiger partial charge is 0.157 e. The number of ether oxygens (including phenoxy) is 2. The molecule has 2 heteroatoms. The second-order valence-corrected chi connectivity index (χ2v) is 2.97. The maximum atomic E-state index is 5.47. The van der Waals surface area contributed by atoms with Gasteiger partial charge >= 0.3 is 0 Å². The van der Waals surface area contributed by atoms with Gasteiger partial charge in [0.15, 0.2) is 6.29 Å². The molecule has 0 radical (unpaired) electrons. The topological polar surface area (TPSA) is 18.5 Å². The van der Waals surface area contributed by atoms with Crippen LogP contribution >= 0.6 is 0 Å². The van der Waals surface area contributed by atoms with Crippen molar-refractivity contribution < 1.29 is 9.47 Å². The van der Waals surface area contributed by atoms with E-state index < -0.39 is 0 Å². The molecule has 12 heavy (non-hydrogen) atoms. The molecule has 1 rings (SSSR count). The van der Waals surface area contributed by atoms with Gasteiger partial charge < -0.3 is 9.47 Å². The van der Waals surface area contributed by atoms with Crippen LogP contribution in [0, 0.1) is 12.3 Å². The summed E-state index contributed by atoms with van der Waals surface area (Å²) in [6.45, 7) is 1.58. The van der Waals surface area contributed by atoms with Gasteiger partial charge in [-0.3, -0.25) is 0 Å². The molecule has 0 unspecified atom stereocenters. The predicted molar refractivity (Wildman–Crippen MR) is 47.6 cm³/mol. The summed E-state index contributed by atoms with van der Waals surface area (Å²) < 4.78 is 10.9. The highest BCUT2D eigenvalue weighted by Gasteiger charge is 2.12. The van der Waals surface area contributed by atoms with Gasteiger partial charge in [-0.1, -0.05) is 0 Å². The lowest BCUT2D eigenvalue weighted by molar-refractivity contribution is -0.162. The standard InChI is InChI=1S/C10H16O2/c1-2-3-5-8-11-10-7-4-6-9-12-10/h1,10H,3-9H2/t10-/m1/s1. The highest BCUT2D eigenvalue weighted by atomic mass is 16.7. The van der Waals surface area contributed by atoms with Crippen molar-refractivity contribution in [2.75, 3.05) is 13.2 Å². The lowest BCUT2D eigenvalue weighted by Crippen LogP contribution is -2.22. The Hall–Kier alpha value is -0.520. The van der Waals surface area contributed by atoms with Gasteiger partial charge in [-0.15, -0.1) is 12.3 Å². The van der Waals surface area contributed by atoms with Crippen LogP contribution < -0.4 is 0 Å². The molecule has 0 aromatic rings. The van der Waals surface area contributed by atoms with E-state index in [4.69, 9.17) is 15.9 Å². The Morgan fingerprint density at radius 2 is 2.42 bits per heavy atom. The van der Waals surface area contributed by atoms with Gasteiger partial charge in [0, 0.05) is 13.0 Å². The van der Waals surface area contributed by atoms with E-state index >= 15 is 0 Å². The lowest BCUT2D eigenvalue weighted by Gasteiger charge is -2.22. The zero-order valence-corrected chi connectivity index (χ0v) is 7.42. The molecule has 1 heterocycles. The molecule has 1 atom stereocenters. The molecular weight excluding hydrogens is 152 g/mol. The fourth-order valence-corrected chi connectivity index (χ4v) is 1.23. The van der Waals surface area contributed by atoms with Gasteiger partial charge in [0.25, 0.3) is 0 Å². The van der Waals surface area contributed by atoms with Crippen molar-refractivity contribution in [1.29, 1.82) is 0 Å².